The normalized spacial score (nSPS) is 14.7. The van der Waals surface area contributed by atoms with Crippen molar-refractivity contribution in [2.24, 2.45) is 0 Å². The first-order chi connectivity index (χ1) is 25.2. The summed E-state index contributed by atoms with van der Waals surface area (Å²) in [5.74, 6) is 1.98. The molecule has 0 aliphatic carbocycles. The molecule has 0 saturated carbocycles. The van der Waals surface area contributed by atoms with Crippen molar-refractivity contribution in [3.05, 3.63) is 106 Å². The minimum atomic E-state index is -1.27. The predicted molar refractivity (Wildman–Crippen MR) is 198 cm³/mol. The molecule has 276 valence electrons. The molecule has 11 heteroatoms. The van der Waals surface area contributed by atoms with Crippen LogP contribution in [0.1, 0.15) is 51.8 Å². The molecule has 52 heavy (non-hydrogen) atoms. The second kappa shape index (κ2) is 18.3. The highest BCUT2D eigenvalue weighted by atomic mass is 16.5. The van der Waals surface area contributed by atoms with Gasteiger partial charge in [0.05, 0.1) is 43.6 Å². The van der Waals surface area contributed by atoms with Crippen molar-refractivity contribution in [1.82, 2.24) is 15.2 Å². The number of hydrogen-bond acceptors (Lipinski definition) is 11. The summed E-state index contributed by atoms with van der Waals surface area (Å²) >= 11 is 0. The van der Waals surface area contributed by atoms with E-state index in [0.29, 0.717) is 30.3 Å². The second-order valence-corrected chi connectivity index (χ2v) is 13.6. The number of benzene rings is 3. The molecule has 0 spiro atoms. The highest BCUT2D eigenvalue weighted by molar-refractivity contribution is 5.73. The summed E-state index contributed by atoms with van der Waals surface area (Å²) in [5.41, 5.74) is 6.90. The molecule has 0 amide bonds. The van der Waals surface area contributed by atoms with Crippen LogP contribution < -0.4 is 19.5 Å². The third kappa shape index (κ3) is 9.66. The Morgan fingerprint density at radius 2 is 1.65 bits per heavy atom. The highest BCUT2D eigenvalue weighted by Crippen LogP contribution is 2.35. The van der Waals surface area contributed by atoms with Crippen LogP contribution >= 0.6 is 0 Å². The lowest BCUT2D eigenvalue weighted by Gasteiger charge is -2.29. The van der Waals surface area contributed by atoms with Crippen molar-refractivity contribution in [3.8, 4) is 34.4 Å². The lowest BCUT2D eigenvalue weighted by atomic mass is 9.93. The average Bonchev–Trinajstić information content (AvgIpc) is 3.58. The number of nitriles is 1. The molecule has 4 aromatic rings. The molecule has 0 bridgehead atoms. The molecule has 11 nitrogen and oxygen atoms in total. The van der Waals surface area contributed by atoms with E-state index in [-0.39, 0.29) is 19.3 Å². The zero-order chi connectivity index (χ0) is 37.1. The molecule has 3 aromatic carbocycles. The quantitative estimate of drug-likeness (QED) is 0.0935. The van der Waals surface area contributed by atoms with Gasteiger partial charge in [-0.2, -0.15) is 5.26 Å². The van der Waals surface area contributed by atoms with E-state index >= 15 is 0 Å². The third-order valence-electron chi connectivity index (χ3n) is 9.81. The number of pyridine rings is 1. The summed E-state index contributed by atoms with van der Waals surface area (Å²) in [7, 11) is 0. The molecule has 0 radical (unpaired) electrons. The van der Waals surface area contributed by atoms with Gasteiger partial charge in [0.15, 0.2) is 0 Å². The van der Waals surface area contributed by atoms with Gasteiger partial charge < -0.3 is 44.9 Å². The minimum absolute atomic E-state index is 0.148. The smallest absolute Gasteiger partial charge is 0.128 e. The first kappa shape index (κ1) is 38.7. The molecule has 5 rings (SSSR count). The van der Waals surface area contributed by atoms with E-state index in [9.17, 15) is 25.7 Å². The van der Waals surface area contributed by atoms with E-state index in [1.807, 2.05) is 31.2 Å². The van der Waals surface area contributed by atoms with Crippen LogP contribution in [0.2, 0.25) is 0 Å². The molecule has 1 atom stereocenters. The maximum atomic E-state index is 9.86. The zero-order valence-corrected chi connectivity index (χ0v) is 30.3. The number of β-amino-alcohol motifs (C(OH)–C–C–N with tert-alkyl or cyclic N) is 1. The van der Waals surface area contributed by atoms with Gasteiger partial charge in [-0.25, -0.2) is 0 Å². The van der Waals surface area contributed by atoms with Gasteiger partial charge in [-0.05, 0) is 85.2 Å². The number of aromatic nitrogens is 1. The number of hydrogen-bond donors (Lipinski definition) is 5. The Balaban J connectivity index is 1.32. The lowest BCUT2D eigenvalue weighted by Crippen LogP contribution is -2.54. The number of aliphatic hydroxyl groups excluding tert-OH is 4. The standard InChI is InChI=1S/C41H50N4O7/c1-28-15-35(17-40(38(28)21-44-41(25-46,26-47)27-48)52-23-32-16-31(18-42)19-43-20-32)51-24-33-7-4-8-36(29(33)2)37-9-5-10-39(30(37)3)50-14-6-12-45-13-11-34(49)22-45/h4-5,7-10,15-17,19-20,34,44,46-49H,6,11-14,21-27H2,1-3H3/t34-/m1/s1. The summed E-state index contributed by atoms with van der Waals surface area (Å²) in [6.07, 6.45) is 4.66. The molecule has 1 fully saturated rings. The van der Waals surface area contributed by atoms with Crippen molar-refractivity contribution >= 4 is 0 Å². The molecular formula is C41H50N4O7. The second-order valence-electron chi connectivity index (χ2n) is 13.6. The van der Waals surface area contributed by atoms with Crippen molar-refractivity contribution in [3.63, 3.8) is 0 Å². The van der Waals surface area contributed by atoms with Crippen molar-refractivity contribution < 1.29 is 34.6 Å². The molecule has 1 aliphatic heterocycles. The lowest BCUT2D eigenvalue weighted by molar-refractivity contribution is 0.0411. The number of likely N-dealkylation sites (tertiary alicyclic amines) is 1. The Morgan fingerprint density at radius 3 is 2.37 bits per heavy atom. The number of rotatable bonds is 18. The van der Waals surface area contributed by atoms with Crippen molar-refractivity contribution in [2.75, 3.05) is 46.1 Å². The number of nitrogens with zero attached hydrogens (tertiary/aromatic N) is 3. The molecule has 1 saturated heterocycles. The van der Waals surface area contributed by atoms with Gasteiger partial charge in [0.2, 0.25) is 0 Å². The monoisotopic (exact) mass is 710 g/mol. The first-order valence-electron chi connectivity index (χ1n) is 17.7. The topological polar surface area (TPSA) is 161 Å². The van der Waals surface area contributed by atoms with Crippen molar-refractivity contribution in [1.29, 1.82) is 5.26 Å². The fraction of sp³-hybridized carbons (Fsp3) is 0.415. The summed E-state index contributed by atoms with van der Waals surface area (Å²) in [5, 5.41) is 51.8. The van der Waals surface area contributed by atoms with E-state index in [1.54, 1.807) is 18.3 Å². The molecule has 2 heterocycles. The van der Waals surface area contributed by atoms with Crippen LogP contribution in [-0.2, 0) is 19.8 Å². The number of aliphatic hydroxyl groups is 4. The van der Waals surface area contributed by atoms with Gasteiger partial charge in [-0.1, -0.05) is 30.3 Å². The highest BCUT2D eigenvalue weighted by Gasteiger charge is 2.28. The van der Waals surface area contributed by atoms with Crippen LogP contribution in [0.5, 0.6) is 17.2 Å². The van der Waals surface area contributed by atoms with Crippen molar-refractivity contribution in [2.45, 2.75) is 65.0 Å². The maximum Gasteiger partial charge on any atom is 0.128 e. The van der Waals surface area contributed by atoms with Crippen LogP contribution in [-0.4, -0.2) is 88.0 Å². The van der Waals surface area contributed by atoms with E-state index in [1.165, 1.54) is 6.20 Å². The molecule has 0 unspecified atom stereocenters. The average molecular weight is 711 g/mol. The number of nitrogens with one attached hydrogen (secondary N) is 1. The van der Waals surface area contributed by atoms with Gasteiger partial charge >= 0.3 is 0 Å². The summed E-state index contributed by atoms with van der Waals surface area (Å²) < 4.78 is 18.9. The van der Waals surface area contributed by atoms with Gasteiger partial charge in [-0.15, -0.1) is 0 Å². The van der Waals surface area contributed by atoms with Crippen LogP contribution in [0.3, 0.4) is 0 Å². The van der Waals surface area contributed by atoms with Gasteiger partial charge in [-0.3, -0.25) is 4.98 Å². The van der Waals surface area contributed by atoms with E-state index in [4.69, 9.17) is 14.2 Å². The summed E-state index contributed by atoms with van der Waals surface area (Å²) in [6, 6.07) is 19.9. The Kier molecular flexibility index (Phi) is 13.6. The fourth-order valence-electron chi connectivity index (χ4n) is 6.41. The van der Waals surface area contributed by atoms with Crippen LogP contribution in [0.4, 0.5) is 0 Å². The van der Waals surface area contributed by atoms with Gasteiger partial charge in [0.1, 0.15) is 36.5 Å². The summed E-state index contributed by atoms with van der Waals surface area (Å²) in [6.45, 7) is 8.60. The molecular weight excluding hydrogens is 660 g/mol. The van der Waals surface area contributed by atoms with E-state index in [2.05, 4.69) is 53.3 Å². The Bertz CT molecular complexity index is 1830. The van der Waals surface area contributed by atoms with E-state index < -0.39 is 25.4 Å². The number of ether oxygens (including phenoxy) is 3. The fourth-order valence-corrected chi connectivity index (χ4v) is 6.41. The molecule has 5 N–H and O–H groups in total. The zero-order valence-electron chi connectivity index (χ0n) is 30.3. The van der Waals surface area contributed by atoms with E-state index in [0.717, 1.165) is 82.7 Å². The Labute approximate surface area is 306 Å². The first-order valence-corrected chi connectivity index (χ1v) is 17.7. The van der Waals surface area contributed by atoms with Gasteiger partial charge in [0.25, 0.3) is 0 Å². The molecule has 1 aromatic heterocycles. The molecule has 1 aliphatic rings. The third-order valence-corrected chi connectivity index (χ3v) is 9.81. The number of aryl methyl sites for hydroxylation is 1. The largest absolute Gasteiger partial charge is 0.493 e. The van der Waals surface area contributed by atoms with Crippen LogP contribution in [0, 0.1) is 32.1 Å². The van der Waals surface area contributed by atoms with Crippen LogP contribution in [0.15, 0.2) is 67.0 Å². The Hall–Kier alpha value is -4.54. The van der Waals surface area contributed by atoms with Gasteiger partial charge in [0, 0.05) is 55.8 Å². The SMILES string of the molecule is Cc1cc(OCc2cccc(-c3cccc(OCCCN4CC[C@@H](O)C4)c3C)c2C)cc(OCc2cncc(C#N)c2)c1CNC(CO)(CO)CO. The maximum absolute atomic E-state index is 9.86. The summed E-state index contributed by atoms with van der Waals surface area (Å²) in [4.78, 5) is 6.41. The van der Waals surface area contributed by atoms with Crippen LogP contribution in [0.25, 0.3) is 11.1 Å². The minimum Gasteiger partial charge on any atom is -0.493 e. The predicted octanol–water partition coefficient (Wildman–Crippen LogP) is 4.34. The Morgan fingerprint density at radius 1 is 0.904 bits per heavy atom.